The lowest BCUT2D eigenvalue weighted by Crippen LogP contribution is -2.02. The SMILES string of the molecule is [B]c1sc(N)c(C#N)c1CC. The molecule has 0 aliphatic rings. The molecule has 0 amide bonds. The number of thiophene rings is 1. The first-order valence-electron chi connectivity index (χ1n) is 3.27. The van der Waals surface area contributed by atoms with E-state index in [-0.39, 0.29) is 0 Å². The van der Waals surface area contributed by atoms with Crippen molar-refractivity contribution >= 4 is 29.0 Å². The molecule has 2 nitrogen and oxygen atoms in total. The summed E-state index contributed by atoms with van der Waals surface area (Å²) in [5, 5.41) is 9.19. The normalized spacial score (nSPS) is 9.45. The molecule has 1 aromatic rings. The second-order valence-electron chi connectivity index (χ2n) is 2.15. The molecular weight excluding hydrogens is 155 g/mol. The van der Waals surface area contributed by atoms with E-state index in [4.69, 9.17) is 18.8 Å². The van der Waals surface area contributed by atoms with E-state index in [2.05, 4.69) is 0 Å². The second kappa shape index (κ2) is 2.97. The fraction of sp³-hybridized carbons (Fsp3) is 0.286. The molecule has 0 aliphatic heterocycles. The Balaban J connectivity index is 3.31. The number of nitrogens with two attached hydrogens (primary N) is 1. The fourth-order valence-corrected chi connectivity index (χ4v) is 1.85. The molecule has 11 heavy (non-hydrogen) atoms. The average Bonchev–Trinajstić information content (AvgIpc) is 2.24. The summed E-state index contributed by atoms with van der Waals surface area (Å²) in [5.41, 5.74) is 6.98. The summed E-state index contributed by atoms with van der Waals surface area (Å²) in [6.45, 7) is 1.96. The molecule has 2 N–H and O–H groups in total. The van der Waals surface area contributed by atoms with Crippen molar-refractivity contribution in [1.82, 2.24) is 0 Å². The molecule has 0 atom stereocenters. The van der Waals surface area contributed by atoms with Crippen LogP contribution in [-0.4, -0.2) is 7.85 Å². The zero-order valence-corrected chi connectivity index (χ0v) is 7.03. The fourth-order valence-electron chi connectivity index (χ4n) is 0.977. The zero-order chi connectivity index (χ0) is 8.43. The third-order valence-electron chi connectivity index (χ3n) is 1.53. The first-order valence-corrected chi connectivity index (χ1v) is 4.09. The third-order valence-corrected chi connectivity index (χ3v) is 2.42. The lowest BCUT2D eigenvalue weighted by molar-refractivity contribution is 1.15. The van der Waals surface area contributed by atoms with Crippen LogP contribution in [-0.2, 0) is 6.42 Å². The molecule has 1 heterocycles. The van der Waals surface area contributed by atoms with Crippen LogP contribution in [0.2, 0.25) is 0 Å². The lowest BCUT2D eigenvalue weighted by Gasteiger charge is -1.92. The van der Waals surface area contributed by atoms with Crippen molar-refractivity contribution in [2.24, 2.45) is 0 Å². The summed E-state index contributed by atoms with van der Waals surface area (Å²) in [6.07, 6.45) is 0.766. The number of anilines is 1. The van der Waals surface area contributed by atoms with E-state index in [0.717, 1.165) is 12.0 Å². The van der Waals surface area contributed by atoms with Crippen molar-refractivity contribution in [1.29, 1.82) is 5.26 Å². The van der Waals surface area contributed by atoms with E-state index in [1.807, 2.05) is 13.0 Å². The molecule has 4 heteroatoms. The maximum Gasteiger partial charge on any atom is 0.129 e. The van der Waals surface area contributed by atoms with Crippen LogP contribution in [0.4, 0.5) is 5.00 Å². The topological polar surface area (TPSA) is 49.8 Å². The van der Waals surface area contributed by atoms with E-state index in [1.165, 1.54) is 11.3 Å². The van der Waals surface area contributed by atoms with Crippen molar-refractivity contribution < 1.29 is 0 Å². The highest BCUT2D eigenvalue weighted by Gasteiger charge is 2.09. The Hall–Kier alpha value is -0.945. The Labute approximate surface area is 71.1 Å². The molecule has 0 saturated heterocycles. The van der Waals surface area contributed by atoms with Gasteiger partial charge in [0, 0.05) is 0 Å². The molecule has 0 aromatic carbocycles. The van der Waals surface area contributed by atoms with Crippen molar-refractivity contribution in [2.45, 2.75) is 13.3 Å². The smallest absolute Gasteiger partial charge is 0.129 e. The number of rotatable bonds is 1. The Bertz CT molecular complexity index is 311. The predicted molar refractivity (Wildman–Crippen MR) is 48.2 cm³/mol. The molecular formula is C7H7BN2S. The summed E-state index contributed by atoms with van der Waals surface area (Å²) < 4.78 is 0.668. The number of nitrogen functional groups attached to an aromatic ring is 1. The highest BCUT2D eigenvalue weighted by Crippen LogP contribution is 2.21. The van der Waals surface area contributed by atoms with Crippen LogP contribution in [0.1, 0.15) is 18.1 Å². The Morgan fingerprint density at radius 2 is 2.36 bits per heavy atom. The van der Waals surface area contributed by atoms with Gasteiger partial charge in [0.15, 0.2) is 0 Å². The minimum absolute atomic E-state index is 0.529. The monoisotopic (exact) mass is 162 g/mol. The standard InChI is InChI=1S/C7H7BN2S/c1-2-4-5(3-9)7(10)11-6(4)8/h2,10H2,1H3. The van der Waals surface area contributed by atoms with Gasteiger partial charge in [0.2, 0.25) is 0 Å². The maximum atomic E-state index is 8.66. The molecule has 0 unspecified atom stereocenters. The zero-order valence-electron chi connectivity index (χ0n) is 6.22. The van der Waals surface area contributed by atoms with E-state index < -0.39 is 0 Å². The Morgan fingerprint density at radius 3 is 2.73 bits per heavy atom. The van der Waals surface area contributed by atoms with Crippen LogP contribution in [0.15, 0.2) is 0 Å². The van der Waals surface area contributed by atoms with Crippen LogP contribution in [0.25, 0.3) is 0 Å². The van der Waals surface area contributed by atoms with Gasteiger partial charge in [-0.1, -0.05) is 6.92 Å². The number of hydrogen-bond donors (Lipinski definition) is 1. The van der Waals surface area contributed by atoms with Crippen LogP contribution in [0.5, 0.6) is 0 Å². The van der Waals surface area contributed by atoms with Gasteiger partial charge in [-0.25, -0.2) is 0 Å². The molecule has 0 saturated carbocycles. The summed E-state index contributed by atoms with van der Waals surface area (Å²) in [7, 11) is 5.62. The number of nitrogens with zero attached hydrogens (tertiary/aromatic N) is 1. The highest BCUT2D eigenvalue weighted by molar-refractivity contribution is 7.23. The highest BCUT2D eigenvalue weighted by atomic mass is 32.1. The van der Waals surface area contributed by atoms with Gasteiger partial charge in [-0.3, -0.25) is 0 Å². The van der Waals surface area contributed by atoms with Gasteiger partial charge in [0.1, 0.15) is 18.9 Å². The van der Waals surface area contributed by atoms with Crippen LogP contribution >= 0.6 is 11.3 Å². The van der Waals surface area contributed by atoms with Crippen molar-refractivity contribution in [2.75, 3.05) is 5.73 Å². The minimum atomic E-state index is 0.529. The average molecular weight is 162 g/mol. The van der Waals surface area contributed by atoms with E-state index in [9.17, 15) is 0 Å². The van der Waals surface area contributed by atoms with Gasteiger partial charge in [-0.2, -0.15) is 5.26 Å². The molecule has 0 aliphatic carbocycles. The van der Waals surface area contributed by atoms with Gasteiger partial charge >= 0.3 is 0 Å². The van der Waals surface area contributed by atoms with E-state index >= 15 is 0 Å². The quantitative estimate of drug-likeness (QED) is 0.613. The summed E-state index contributed by atoms with van der Waals surface area (Å²) >= 11 is 1.28. The largest absolute Gasteiger partial charge is 0.390 e. The van der Waals surface area contributed by atoms with Crippen molar-refractivity contribution in [3.05, 3.63) is 11.1 Å². The Kier molecular flexibility index (Phi) is 2.20. The van der Waals surface area contributed by atoms with E-state index in [0.29, 0.717) is 15.3 Å². The van der Waals surface area contributed by atoms with Crippen molar-refractivity contribution in [3.8, 4) is 6.07 Å². The van der Waals surface area contributed by atoms with Crippen molar-refractivity contribution in [3.63, 3.8) is 0 Å². The molecule has 0 spiro atoms. The van der Waals surface area contributed by atoms with Crippen LogP contribution < -0.4 is 10.5 Å². The number of nitriles is 1. The van der Waals surface area contributed by atoms with Crippen LogP contribution in [0, 0.1) is 11.3 Å². The molecule has 1 rings (SSSR count). The summed E-state index contributed by atoms with van der Waals surface area (Å²) in [5.74, 6) is 0. The molecule has 2 radical (unpaired) electrons. The van der Waals surface area contributed by atoms with Gasteiger partial charge in [-0.15, -0.1) is 11.3 Å². The van der Waals surface area contributed by atoms with E-state index in [1.54, 1.807) is 0 Å². The third kappa shape index (κ3) is 1.24. The first-order chi connectivity index (χ1) is 5.20. The van der Waals surface area contributed by atoms with Gasteiger partial charge < -0.3 is 5.73 Å². The van der Waals surface area contributed by atoms with Crippen LogP contribution in [0.3, 0.4) is 0 Å². The summed E-state index contributed by atoms with van der Waals surface area (Å²) in [4.78, 5) is 0. The first kappa shape index (κ1) is 8.15. The van der Waals surface area contributed by atoms with Gasteiger partial charge in [0.25, 0.3) is 0 Å². The lowest BCUT2D eigenvalue weighted by atomic mass is 9.98. The second-order valence-corrected chi connectivity index (χ2v) is 3.23. The molecule has 1 aromatic heterocycles. The minimum Gasteiger partial charge on any atom is -0.390 e. The number of hydrogen-bond acceptors (Lipinski definition) is 3. The van der Waals surface area contributed by atoms with Gasteiger partial charge in [-0.05, 0) is 16.8 Å². The molecule has 0 bridgehead atoms. The Morgan fingerprint density at radius 1 is 1.73 bits per heavy atom. The molecule has 54 valence electrons. The maximum absolute atomic E-state index is 8.66. The molecule has 0 fully saturated rings. The summed E-state index contributed by atoms with van der Waals surface area (Å²) in [6, 6.07) is 2.04. The van der Waals surface area contributed by atoms with Gasteiger partial charge in [0.05, 0.1) is 5.56 Å². The predicted octanol–water partition coefficient (Wildman–Crippen LogP) is 0.558.